The van der Waals surface area contributed by atoms with Crippen LogP contribution in [0.4, 0.5) is 27.5 Å². The number of carbonyl (C=O) groups excluding carboxylic acids is 2. The molecule has 1 aliphatic carbocycles. The summed E-state index contributed by atoms with van der Waals surface area (Å²) in [5.41, 5.74) is 0.406. The second kappa shape index (κ2) is 13.0. The maximum Gasteiger partial charge on any atom is 0.254 e. The highest BCUT2D eigenvalue weighted by Crippen LogP contribution is 2.43. The first-order valence-electron chi connectivity index (χ1n) is 15.8. The summed E-state index contributed by atoms with van der Waals surface area (Å²) in [6.45, 7) is 9.69. The number of anilines is 4. The number of rotatable bonds is 9. The van der Waals surface area contributed by atoms with E-state index < -0.39 is 17.1 Å². The molecule has 11 heteroatoms. The number of nitrogens with zero attached hydrogens (tertiary/aromatic N) is 5. The van der Waals surface area contributed by atoms with E-state index in [-0.39, 0.29) is 29.5 Å². The number of aromatic nitrogens is 2. The largest absolute Gasteiger partial charge is 0.495 e. The van der Waals surface area contributed by atoms with Gasteiger partial charge in [-0.05, 0) is 51.1 Å². The van der Waals surface area contributed by atoms with Crippen LogP contribution in [-0.2, 0) is 4.79 Å². The van der Waals surface area contributed by atoms with Gasteiger partial charge in [0.1, 0.15) is 17.3 Å². The Hall–Kier alpha value is -3.47. The highest BCUT2D eigenvalue weighted by atomic mass is 19.1. The first-order chi connectivity index (χ1) is 20.7. The fraction of sp³-hybridized carbons (Fsp3) is 0.625. The lowest BCUT2D eigenvalue weighted by molar-refractivity contribution is -0.127. The molecule has 1 saturated heterocycles. The Morgan fingerprint density at radius 1 is 1.12 bits per heavy atom. The summed E-state index contributed by atoms with van der Waals surface area (Å²) in [5.74, 6) is 0.247. The number of halogens is 1. The van der Waals surface area contributed by atoms with Crippen molar-refractivity contribution in [1.82, 2.24) is 20.2 Å². The second-order valence-electron chi connectivity index (χ2n) is 12.2. The van der Waals surface area contributed by atoms with Crippen molar-refractivity contribution in [2.45, 2.75) is 84.2 Å². The average molecular weight is 596 g/mol. The monoisotopic (exact) mass is 595 g/mol. The van der Waals surface area contributed by atoms with Gasteiger partial charge in [0.2, 0.25) is 11.9 Å². The standard InChI is InChI=1S/C32H46FN7O3/c1-6-32(7-2)20-40(22-11-9-10-12-22)28-26(38(4)30(32)42)19-34-31(37-28)36-25-18-24(33)23(17-27(25)43-5)29(41)35-21-13-15-39(8-3)16-14-21/h17-19,21-22H,6-16,20H2,1-5H3,(H,35,41)(H,34,36,37). The molecule has 0 radical (unpaired) electrons. The van der Waals surface area contributed by atoms with Crippen molar-refractivity contribution in [2.24, 2.45) is 5.41 Å². The minimum absolute atomic E-state index is 0.0125. The summed E-state index contributed by atoms with van der Waals surface area (Å²) in [4.78, 5) is 42.5. The van der Waals surface area contributed by atoms with E-state index in [1.807, 2.05) is 0 Å². The molecule has 2 N–H and O–H groups in total. The van der Waals surface area contributed by atoms with Crippen LogP contribution in [0.15, 0.2) is 18.3 Å². The number of carbonyl (C=O) groups is 2. The van der Waals surface area contributed by atoms with Crippen LogP contribution in [0.1, 0.15) is 82.5 Å². The second-order valence-corrected chi connectivity index (χ2v) is 12.2. The molecule has 2 amide bonds. The van der Waals surface area contributed by atoms with Crippen LogP contribution in [0.2, 0.25) is 0 Å². The summed E-state index contributed by atoms with van der Waals surface area (Å²) < 4.78 is 21.0. The molecular formula is C32H46FN7O3. The van der Waals surface area contributed by atoms with Gasteiger partial charge >= 0.3 is 0 Å². The number of nitrogens with one attached hydrogen (secondary N) is 2. The molecule has 0 atom stereocenters. The van der Waals surface area contributed by atoms with Crippen LogP contribution in [0, 0.1) is 11.2 Å². The zero-order valence-electron chi connectivity index (χ0n) is 26.2. The van der Waals surface area contributed by atoms with Gasteiger partial charge in [-0.1, -0.05) is 33.6 Å². The van der Waals surface area contributed by atoms with E-state index in [0.29, 0.717) is 29.5 Å². The molecule has 1 saturated carbocycles. The molecule has 234 valence electrons. The quantitative estimate of drug-likeness (QED) is 0.412. The van der Waals surface area contributed by atoms with Crippen molar-refractivity contribution >= 4 is 35.0 Å². The molecule has 2 aromatic rings. The lowest BCUT2D eigenvalue weighted by Crippen LogP contribution is -2.48. The number of fused-ring (bicyclic) bond motifs is 1. The van der Waals surface area contributed by atoms with E-state index >= 15 is 4.39 Å². The Morgan fingerprint density at radius 2 is 1.81 bits per heavy atom. The maximum absolute atomic E-state index is 15.4. The Balaban J connectivity index is 1.42. The number of hydrogen-bond acceptors (Lipinski definition) is 8. The predicted molar refractivity (Wildman–Crippen MR) is 167 cm³/mol. The molecule has 2 fully saturated rings. The minimum atomic E-state index is -0.657. The van der Waals surface area contributed by atoms with Crippen molar-refractivity contribution in [3.05, 3.63) is 29.7 Å². The summed E-state index contributed by atoms with van der Waals surface area (Å²) >= 11 is 0. The number of ether oxygens (including phenoxy) is 1. The number of likely N-dealkylation sites (tertiary alicyclic amines) is 1. The van der Waals surface area contributed by atoms with Gasteiger partial charge in [-0.15, -0.1) is 0 Å². The van der Waals surface area contributed by atoms with Crippen LogP contribution in [0.3, 0.4) is 0 Å². The fourth-order valence-corrected chi connectivity index (χ4v) is 6.87. The van der Waals surface area contributed by atoms with Gasteiger partial charge in [0.05, 0.1) is 30.0 Å². The molecule has 3 heterocycles. The topological polar surface area (TPSA) is 103 Å². The lowest BCUT2D eigenvalue weighted by Gasteiger charge is -2.37. The third-order valence-electron chi connectivity index (χ3n) is 9.88. The van der Waals surface area contributed by atoms with Crippen molar-refractivity contribution in [3.8, 4) is 5.75 Å². The number of piperidine rings is 1. The maximum atomic E-state index is 15.4. The number of amides is 2. The van der Waals surface area contributed by atoms with E-state index in [4.69, 9.17) is 9.72 Å². The van der Waals surface area contributed by atoms with Crippen LogP contribution in [-0.4, -0.2) is 79.1 Å². The molecule has 10 nitrogen and oxygen atoms in total. The minimum Gasteiger partial charge on any atom is -0.495 e. The highest BCUT2D eigenvalue weighted by Gasteiger charge is 2.45. The summed E-state index contributed by atoms with van der Waals surface area (Å²) in [6, 6.07) is 2.98. The third-order valence-corrected chi connectivity index (χ3v) is 9.88. The van der Waals surface area contributed by atoms with Crippen molar-refractivity contribution in [3.63, 3.8) is 0 Å². The van der Waals surface area contributed by atoms with Gasteiger partial charge in [0.15, 0.2) is 5.82 Å². The first-order valence-corrected chi connectivity index (χ1v) is 15.8. The molecular weight excluding hydrogens is 549 g/mol. The molecule has 0 bridgehead atoms. The van der Waals surface area contributed by atoms with Gasteiger partial charge in [-0.25, -0.2) is 9.37 Å². The van der Waals surface area contributed by atoms with Crippen molar-refractivity contribution < 1.29 is 18.7 Å². The molecule has 43 heavy (non-hydrogen) atoms. The van der Waals surface area contributed by atoms with Crippen molar-refractivity contribution in [1.29, 1.82) is 0 Å². The smallest absolute Gasteiger partial charge is 0.254 e. The molecule has 3 aliphatic rings. The fourth-order valence-electron chi connectivity index (χ4n) is 6.87. The molecule has 0 spiro atoms. The average Bonchev–Trinajstić information content (AvgIpc) is 3.54. The molecule has 2 aliphatic heterocycles. The predicted octanol–water partition coefficient (Wildman–Crippen LogP) is 5.11. The molecule has 0 unspecified atom stereocenters. The normalized spacial score (nSPS) is 19.7. The zero-order valence-corrected chi connectivity index (χ0v) is 26.2. The summed E-state index contributed by atoms with van der Waals surface area (Å²) in [6.07, 6.45) is 9.20. The van der Waals surface area contributed by atoms with Gasteiger partial charge in [0, 0.05) is 44.8 Å². The van der Waals surface area contributed by atoms with Gasteiger partial charge in [0.25, 0.3) is 5.91 Å². The number of benzene rings is 1. The Kier molecular flexibility index (Phi) is 9.39. The van der Waals surface area contributed by atoms with Crippen LogP contribution in [0.25, 0.3) is 0 Å². The van der Waals surface area contributed by atoms with E-state index in [9.17, 15) is 9.59 Å². The van der Waals surface area contributed by atoms with Crippen LogP contribution in [0.5, 0.6) is 5.75 Å². The summed E-state index contributed by atoms with van der Waals surface area (Å²) in [5, 5.41) is 6.12. The SMILES string of the molecule is CCN1CCC(NC(=O)c2cc(OC)c(Nc3ncc4c(n3)N(C3CCCC3)CC(CC)(CC)C(=O)N4C)cc2F)CC1. The van der Waals surface area contributed by atoms with E-state index in [1.165, 1.54) is 19.2 Å². The van der Waals surface area contributed by atoms with Gasteiger partial charge < -0.3 is 30.1 Å². The molecule has 1 aromatic carbocycles. The van der Waals surface area contributed by atoms with E-state index in [2.05, 4.69) is 46.2 Å². The number of hydrogen-bond donors (Lipinski definition) is 2. The first kappa shape index (κ1) is 31.0. The summed E-state index contributed by atoms with van der Waals surface area (Å²) in [7, 11) is 3.28. The van der Waals surface area contributed by atoms with Gasteiger partial charge in [-0.3, -0.25) is 9.59 Å². The zero-order chi connectivity index (χ0) is 30.7. The van der Waals surface area contributed by atoms with Crippen LogP contribution >= 0.6 is 0 Å². The van der Waals surface area contributed by atoms with Crippen LogP contribution < -0.4 is 25.2 Å². The Morgan fingerprint density at radius 3 is 2.44 bits per heavy atom. The lowest BCUT2D eigenvalue weighted by atomic mass is 9.80. The highest BCUT2D eigenvalue weighted by molar-refractivity contribution is 6.01. The molecule has 1 aromatic heterocycles. The van der Waals surface area contributed by atoms with E-state index in [1.54, 1.807) is 18.1 Å². The van der Waals surface area contributed by atoms with Gasteiger partial charge in [-0.2, -0.15) is 4.98 Å². The Bertz CT molecular complexity index is 1320. The Labute approximate surface area is 254 Å². The van der Waals surface area contributed by atoms with Crippen molar-refractivity contribution in [2.75, 3.05) is 55.5 Å². The molecule has 5 rings (SSSR count). The third kappa shape index (κ3) is 6.14. The van der Waals surface area contributed by atoms with E-state index in [0.717, 1.165) is 71.0 Å². The number of methoxy groups -OCH3 is 1.